The van der Waals surface area contributed by atoms with E-state index in [4.69, 9.17) is 11.6 Å². The number of quaternary nitrogens is 1. The molecule has 1 unspecified atom stereocenters. The molecule has 1 aromatic carbocycles. The molecule has 0 radical (unpaired) electrons. The van der Waals surface area contributed by atoms with Crippen LogP contribution < -0.4 is 4.90 Å². The average molecular weight is 378 g/mol. The highest BCUT2D eigenvalue weighted by atomic mass is 35.5. The van der Waals surface area contributed by atoms with Gasteiger partial charge >= 0.3 is 0 Å². The first-order chi connectivity index (χ1) is 12.0. The van der Waals surface area contributed by atoms with Gasteiger partial charge in [-0.1, -0.05) is 48.1 Å². The van der Waals surface area contributed by atoms with E-state index >= 15 is 0 Å². The van der Waals surface area contributed by atoms with Gasteiger partial charge in [0.2, 0.25) is 10.8 Å². The lowest BCUT2D eigenvalue weighted by Gasteiger charge is -2.34. The van der Waals surface area contributed by atoms with Gasteiger partial charge in [-0.15, -0.1) is 5.10 Å². The molecule has 0 spiro atoms. The molecule has 1 aliphatic rings. The molecule has 3 heterocycles. The maximum Gasteiger partial charge on any atom is 0.235 e. The van der Waals surface area contributed by atoms with Crippen molar-refractivity contribution in [3.05, 3.63) is 45.6 Å². The van der Waals surface area contributed by atoms with E-state index in [1.807, 2.05) is 25.1 Å². The number of fused-ring (bicyclic) bond motifs is 1. The zero-order valence-corrected chi connectivity index (χ0v) is 15.9. The molecule has 1 fully saturated rings. The van der Waals surface area contributed by atoms with E-state index in [2.05, 4.69) is 23.1 Å². The number of aromatic hydroxyl groups is 1. The van der Waals surface area contributed by atoms with Crippen LogP contribution in [0.3, 0.4) is 0 Å². The fourth-order valence-corrected chi connectivity index (χ4v) is 5.31. The van der Waals surface area contributed by atoms with Crippen molar-refractivity contribution >= 4 is 27.9 Å². The number of piperidine rings is 1. The molecular weight excluding hydrogens is 356 g/mol. The topological polar surface area (TPSA) is 54.9 Å². The van der Waals surface area contributed by atoms with Crippen LogP contribution in [0, 0.1) is 12.8 Å². The molecule has 0 bridgehead atoms. The van der Waals surface area contributed by atoms with Gasteiger partial charge in [0.05, 0.1) is 18.1 Å². The molecule has 2 aromatic heterocycles. The number of hydrogen-bond acceptors (Lipinski definition) is 4. The number of nitrogens with one attached hydrogen (secondary N) is 1. The van der Waals surface area contributed by atoms with Crippen LogP contribution >= 0.6 is 22.9 Å². The number of aromatic nitrogens is 3. The molecule has 5 nitrogen and oxygen atoms in total. The number of halogens is 1. The summed E-state index contributed by atoms with van der Waals surface area (Å²) < 4.78 is 1.55. The van der Waals surface area contributed by atoms with E-state index in [9.17, 15) is 5.11 Å². The largest absolute Gasteiger partial charge is 0.492 e. The summed E-state index contributed by atoms with van der Waals surface area (Å²) in [5, 5.41) is 15.9. The Morgan fingerprint density at radius 2 is 2.20 bits per heavy atom. The molecular formula is C18H22ClN4OS+. The van der Waals surface area contributed by atoms with Crippen LogP contribution in [0.1, 0.15) is 42.1 Å². The predicted molar refractivity (Wildman–Crippen MR) is 99.7 cm³/mol. The van der Waals surface area contributed by atoms with Gasteiger partial charge in [0.15, 0.2) is 6.04 Å². The van der Waals surface area contributed by atoms with E-state index in [-0.39, 0.29) is 11.9 Å². The smallest absolute Gasteiger partial charge is 0.235 e. The van der Waals surface area contributed by atoms with Crippen molar-refractivity contribution in [3.8, 4) is 5.88 Å². The zero-order valence-electron chi connectivity index (χ0n) is 14.4. The van der Waals surface area contributed by atoms with Crippen molar-refractivity contribution in [2.24, 2.45) is 5.92 Å². The van der Waals surface area contributed by atoms with Crippen molar-refractivity contribution in [2.45, 2.75) is 32.7 Å². The first-order valence-corrected chi connectivity index (χ1v) is 9.88. The Bertz CT molecular complexity index is 906. The average Bonchev–Trinajstić information content (AvgIpc) is 3.08. The van der Waals surface area contributed by atoms with Crippen LogP contribution in [0.4, 0.5) is 0 Å². The van der Waals surface area contributed by atoms with E-state index in [0.29, 0.717) is 11.7 Å². The summed E-state index contributed by atoms with van der Waals surface area (Å²) in [6.45, 7) is 6.28. The lowest BCUT2D eigenvalue weighted by atomic mass is 9.95. The summed E-state index contributed by atoms with van der Waals surface area (Å²) in [5.74, 6) is 1.53. The lowest BCUT2D eigenvalue weighted by molar-refractivity contribution is -0.933. The molecule has 0 saturated carbocycles. The third kappa shape index (κ3) is 3.03. The van der Waals surface area contributed by atoms with Crippen molar-refractivity contribution < 1.29 is 10.0 Å². The van der Waals surface area contributed by atoms with Gasteiger partial charge in [0.1, 0.15) is 10.7 Å². The second-order valence-electron chi connectivity index (χ2n) is 6.96. The Hall–Kier alpha value is -1.63. The molecule has 4 rings (SSSR count). The minimum absolute atomic E-state index is 0.00487. The molecule has 0 aliphatic carbocycles. The maximum atomic E-state index is 10.8. The van der Waals surface area contributed by atoms with Crippen LogP contribution in [-0.4, -0.2) is 32.8 Å². The molecule has 2 N–H and O–H groups in total. The van der Waals surface area contributed by atoms with Crippen molar-refractivity contribution in [1.29, 1.82) is 0 Å². The quantitative estimate of drug-likeness (QED) is 0.738. The third-order valence-electron chi connectivity index (χ3n) is 5.00. The SMILES string of the molecule is Cc1nc2sc([C@H](c3ccccc3Cl)[NH+]3CCC[C@H](C)C3)c(O)n2n1. The van der Waals surface area contributed by atoms with Gasteiger partial charge in [0, 0.05) is 11.5 Å². The minimum atomic E-state index is 0.00487. The molecule has 0 amide bonds. The number of aryl methyl sites for hydroxylation is 1. The number of hydrogen-bond donors (Lipinski definition) is 2. The Balaban J connectivity index is 1.85. The number of benzene rings is 1. The van der Waals surface area contributed by atoms with Gasteiger partial charge in [-0.25, -0.2) is 4.98 Å². The molecule has 132 valence electrons. The van der Waals surface area contributed by atoms with Crippen LogP contribution in [0.2, 0.25) is 5.02 Å². The number of likely N-dealkylation sites (tertiary alicyclic amines) is 1. The van der Waals surface area contributed by atoms with Crippen LogP contribution in [0.5, 0.6) is 5.88 Å². The van der Waals surface area contributed by atoms with E-state index in [0.717, 1.165) is 33.5 Å². The summed E-state index contributed by atoms with van der Waals surface area (Å²) in [6, 6.07) is 7.96. The van der Waals surface area contributed by atoms with E-state index in [1.54, 1.807) is 4.52 Å². The van der Waals surface area contributed by atoms with Gasteiger partial charge in [-0.3, -0.25) is 0 Å². The summed E-state index contributed by atoms with van der Waals surface area (Å²) in [6.07, 6.45) is 2.46. The van der Waals surface area contributed by atoms with Crippen molar-refractivity contribution in [1.82, 2.24) is 14.6 Å². The fraction of sp³-hybridized carbons (Fsp3) is 0.444. The lowest BCUT2D eigenvalue weighted by Crippen LogP contribution is -3.13. The zero-order chi connectivity index (χ0) is 17.6. The summed E-state index contributed by atoms with van der Waals surface area (Å²) in [5.41, 5.74) is 1.06. The first kappa shape index (κ1) is 16.8. The monoisotopic (exact) mass is 377 g/mol. The summed E-state index contributed by atoms with van der Waals surface area (Å²) >= 11 is 8.06. The normalized spacial score (nSPS) is 22.4. The highest BCUT2D eigenvalue weighted by Crippen LogP contribution is 2.37. The number of rotatable bonds is 3. The fourth-order valence-electron chi connectivity index (χ4n) is 3.88. The molecule has 3 aromatic rings. The van der Waals surface area contributed by atoms with Crippen LogP contribution in [0.15, 0.2) is 24.3 Å². The molecule has 3 atom stereocenters. The Morgan fingerprint density at radius 1 is 1.40 bits per heavy atom. The Morgan fingerprint density at radius 3 is 2.92 bits per heavy atom. The summed E-state index contributed by atoms with van der Waals surface area (Å²) in [4.78, 5) is 7.49. The van der Waals surface area contributed by atoms with E-state index in [1.165, 1.54) is 29.1 Å². The first-order valence-electron chi connectivity index (χ1n) is 8.68. The van der Waals surface area contributed by atoms with Gasteiger partial charge in [0.25, 0.3) is 0 Å². The standard InChI is InChI=1S/C18H21ClN4OS/c1-11-6-5-9-22(10-11)15(13-7-3-4-8-14(13)19)16-17(24)23-18(25-16)20-12(2)21-23/h3-4,7-8,11,15,24H,5-6,9-10H2,1-2H3/p+1/t11-,15-/m0/s1. The van der Waals surface area contributed by atoms with Crippen molar-refractivity contribution in [2.75, 3.05) is 13.1 Å². The highest BCUT2D eigenvalue weighted by molar-refractivity contribution is 7.17. The third-order valence-corrected chi connectivity index (χ3v) is 6.43. The van der Waals surface area contributed by atoms with E-state index < -0.39 is 0 Å². The second-order valence-corrected chi connectivity index (χ2v) is 8.37. The number of thiazole rings is 1. The van der Waals surface area contributed by atoms with Crippen LogP contribution in [0.25, 0.3) is 4.96 Å². The minimum Gasteiger partial charge on any atom is -0.492 e. The number of nitrogens with zero attached hydrogens (tertiary/aromatic N) is 3. The molecule has 1 aliphatic heterocycles. The van der Waals surface area contributed by atoms with Crippen LogP contribution in [-0.2, 0) is 0 Å². The highest BCUT2D eigenvalue weighted by Gasteiger charge is 2.36. The maximum absolute atomic E-state index is 10.8. The Kier molecular flexibility index (Phi) is 4.43. The van der Waals surface area contributed by atoms with Gasteiger partial charge < -0.3 is 10.0 Å². The molecule has 1 saturated heterocycles. The Labute approximate surface area is 155 Å². The van der Waals surface area contributed by atoms with Gasteiger partial charge in [-0.2, -0.15) is 4.52 Å². The second kappa shape index (κ2) is 6.59. The van der Waals surface area contributed by atoms with Gasteiger partial charge in [-0.05, 0) is 25.8 Å². The summed E-state index contributed by atoms with van der Waals surface area (Å²) in [7, 11) is 0. The predicted octanol–water partition coefficient (Wildman–Crippen LogP) is 2.86. The van der Waals surface area contributed by atoms with Crippen molar-refractivity contribution in [3.63, 3.8) is 0 Å². The molecule has 25 heavy (non-hydrogen) atoms. The molecule has 7 heteroatoms.